The van der Waals surface area contributed by atoms with Gasteiger partial charge in [-0.3, -0.25) is 9.59 Å². The standard InChI is InChI=1S/C22H20Cl2N4O4/c1-31-11-17-20(12-4-3-5-14(8-12)32-2)21-26-22(30)18(28(21)27-17)10-19(29)25-16-7-6-13(23)9-15(16)24/h3-9,18H,10-11H2,1-2H3,(H,25,29)(H,26,30). The summed E-state index contributed by atoms with van der Waals surface area (Å²) < 4.78 is 12.2. The molecule has 2 N–H and O–H groups in total. The molecule has 10 heteroatoms. The molecule has 2 amide bonds. The summed E-state index contributed by atoms with van der Waals surface area (Å²) in [6, 6.07) is 11.4. The summed E-state index contributed by atoms with van der Waals surface area (Å²) in [5, 5.41) is 10.9. The SMILES string of the molecule is COCc1nn2c(c1-c1cccc(OC)c1)NC(=O)C2CC(=O)Nc1ccc(Cl)cc1Cl. The number of amides is 2. The summed E-state index contributed by atoms with van der Waals surface area (Å²) in [6.07, 6.45) is -0.122. The zero-order chi connectivity index (χ0) is 22.8. The topological polar surface area (TPSA) is 94.5 Å². The molecule has 0 saturated heterocycles. The van der Waals surface area contributed by atoms with Crippen LogP contribution in [-0.4, -0.2) is 35.8 Å². The van der Waals surface area contributed by atoms with Gasteiger partial charge in [0.15, 0.2) is 0 Å². The fourth-order valence-electron chi connectivity index (χ4n) is 3.60. The molecular formula is C22H20Cl2N4O4. The Morgan fingerprint density at radius 3 is 2.75 bits per heavy atom. The van der Waals surface area contributed by atoms with E-state index < -0.39 is 6.04 Å². The van der Waals surface area contributed by atoms with Gasteiger partial charge in [-0.25, -0.2) is 4.68 Å². The number of carbonyl (C=O) groups is 2. The van der Waals surface area contributed by atoms with Gasteiger partial charge >= 0.3 is 0 Å². The summed E-state index contributed by atoms with van der Waals surface area (Å²) in [6.45, 7) is 0.238. The number of fused-ring (bicyclic) bond motifs is 1. The van der Waals surface area contributed by atoms with E-state index in [2.05, 4.69) is 15.7 Å². The molecule has 0 aliphatic carbocycles. The molecule has 3 aromatic rings. The molecule has 8 nitrogen and oxygen atoms in total. The summed E-state index contributed by atoms with van der Waals surface area (Å²) in [4.78, 5) is 25.4. The van der Waals surface area contributed by atoms with Crippen LogP contribution in [0.5, 0.6) is 5.75 Å². The van der Waals surface area contributed by atoms with E-state index in [9.17, 15) is 9.59 Å². The average Bonchev–Trinajstić information content (AvgIpc) is 3.25. The van der Waals surface area contributed by atoms with Crippen LogP contribution < -0.4 is 15.4 Å². The number of nitrogens with zero attached hydrogens (tertiary/aromatic N) is 2. The number of benzene rings is 2. The van der Waals surface area contributed by atoms with Crippen molar-refractivity contribution in [1.82, 2.24) is 9.78 Å². The van der Waals surface area contributed by atoms with Gasteiger partial charge in [0.25, 0.3) is 5.91 Å². The van der Waals surface area contributed by atoms with E-state index in [4.69, 9.17) is 32.7 Å². The minimum absolute atomic E-state index is 0.122. The van der Waals surface area contributed by atoms with Crippen LogP contribution in [0.3, 0.4) is 0 Å². The van der Waals surface area contributed by atoms with E-state index in [0.29, 0.717) is 33.0 Å². The zero-order valence-electron chi connectivity index (χ0n) is 17.3. The number of carbonyl (C=O) groups excluding carboxylic acids is 2. The van der Waals surface area contributed by atoms with Crippen molar-refractivity contribution >= 4 is 46.5 Å². The molecule has 0 fully saturated rings. The maximum absolute atomic E-state index is 12.7. The van der Waals surface area contributed by atoms with Crippen molar-refractivity contribution in [3.63, 3.8) is 0 Å². The Balaban J connectivity index is 1.63. The van der Waals surface area contributed by atoms with Gasteiger partial charge in [0.2, 0.25) is 5.91 Å². The molecule has 0 radical (unpaired) electrons. The van der Waals surface area contributed by atoms with E-state index in [1.165, 1.54) is 10.7 Å². The Kier molecular flexibility index (Phi) is 6.36. The molecule has 4 rings (SSSR count). The van der Waals surface area contributed by atoms with Crippen molar-refractivity contribution in [1.29, 1.82) is 0 Å². The van der Waals surface area contributed by atoms with Crippen LogP contribution in [0, 0.1) is 0 Å². The Morgan fingerprint density at radius 1 is 1.22 bits per heavy atom. The van der Waals surface area contributed by atoms with Gasteiger partial charge in [-0.2, -0.15) is 5.10 Å². The molecule has 1 atom stereocenters. The first kappa shape index (κ1) is 22.1. The van der Waals surface area contributed by atoms with Gasteiger partial charge in [0.05, 0.1) is 42.1 Å². The maximum Gasteiger partial charge on any atom is 0.251 e. The number of hydrogen-bond donors (Lipinski definition) is 2. The van der Waals surface area contributed by atoms with Gasteiger partial charge in [0, 0.05) is 12.1 Å². The van der Waals surface area contributed by atoms with E-state index in [1.807, 2.05) is 24.3 Å². The fraction of sp³-hybridized carbons (Fsp3) is 0.227. The van der Waals surface area contributed by atoms with Gasteiger partial charge in [-0.05, 0) is 35.9 Å². The number of halogens is 2. The number of anilines is 2. The predicted molar refractivity (Wildman–Crippen MR) is 122 cm³/mol. The Morgan fingerprint density at radius 2 is 2.03 bits per heavy atom. The molecule has 1 aliphatic heterocycles. The van der Waals surface area contributed by atoms with Crippen molar-refractivity contribution < 1.29 is 19.1 Å². The average molecular weight is 475 g/mol. The highest BCUT2D eigenvalue weighted by Gasteiger charge is 2.37. The van der Waals surface area contributed by atoms with E-state index in [1.54, 1.807) is 26.4 Å². The van der Waals surface area contributed by atoms with Gasteiger partial charge in [-0.1, -0.05) is 35.3 Å². The van der Waals surface area contributed by atoms with E-state index >= 15 is 0 Å². The lowest BCUT2D eigenvalue weighted by molar-refractivity contribution is -0.123. The highest BCUT2D eigenvalue weighted by Crippen LogP contribution is 2.40. The monoisotopic (exact) mass is 474 g/mol. The van der Waals surface area contributed by atoms with Crippen LogP contribution >= 0.6 is 23.2 Å². The van der Waals surface area contributed by atoms with E-state index in [0.717, 1.165) is 11.1 Å². The van der Waals surface area contributed by atoms with Gasteiger partial charge < -0.3 is 20.1 Å². The lowest BCUT2D eigenvalue weighted by Gasteiger charge is -2.11. The van der Waals surface area contributed by atoms with Crippen molar-refractivity contribution in [3.8, 4) is 16.9 Å². The summed E-state index contributed by atoms with van der Waals surface area (Å²) in [5.74, 6) is 0.482. The Bertz CT molecular complexity index is 1190. The second kappa shape index (κ2) is 9.20. The van der Waals surface area contributed by atoms with Crippen LogP contribution in [0.1, 0.15) is 18.2 Å². The normalized spacial score (nSPS) is 14.8. The number of ether oxygens (including phenoxy) is 2. The first-order chi connectivity index (χ1) is 15.4. The van der Waals surface area contributed by atoms with E-state index in [-0.39, 0.29) is 24.8 Å². The predicted octanol–water partition coefficient (Wildman–Crippen LogP) is 4.53. The molecule has 0 spiro atoms. The van der Waals surface area contributed by atoms with Crippen molar-refractivity contribution in [2.24, 2.45) is 0 Å². The van der Waals surface area contributed by atoms with Crippen LogP contribution in [0.2, 0.25) is 10.0 Å². The van der Waals surface area contributed by atoms with Gasteiger partial charge in [-0.15, -0.1) is 0 Å². The van der Waals surface area contributed by atoms with Crippen molar-refractivity contribution in [3.05, 3.63) is 58.2 Å². The van der Waals surface area contributed by atoms with Crippen LogP contribution in [0.15, 0.2) is 42.5 Å². The molecule has 2 heterocycles. The van der Waals surface area contributed by atoms with Crippen molar-refractivity contribution in [2.45, 2.75) is 19.1 Å². The molecule has 32 heavy (non-hydrogen) atoms. The van der Waals surface area contributed by atoms with Crippen molar-refractivity contribution in [2.75, 3.05) is 24.9 Å². The molecule has 1 aliphatic rings. The molecule has 1 unspecified atom stereocenters. The second-order valence-corrected chi connectivity index (χ2v) is 8.00. The molecule has 0 bridgehead atoms. The molecule has 2 aromatic carbocycles. The molecule has 1 aromatic heterocycles. The van der Waals surface area contributed by atoms with Crippen LogP contribution in [-0.2, 0) is 20.9 Å². The highest BCUT2D eigenvalue weighted by atomic mass is 35.5. The third kappa shape index (κ3) is 4.29. The number of methoxy groups -OCH3 is 2. The zero-order valence-corrected chi connectivity index (χ0v) is 18.8. The Labute approximate surface area is 194 Å². The fourth-order valence-corrected chi connectivity index (χ4v) is 4.06. The van der Waals surface area contributed by atoms with Gasteiger partial charge in [0.1, 0.15) is 17.6 Å². The number of nitrogens with one attached hydrogen (secondary N) is 2. The summed E-state index contributed by atoms with van der Waals surface area (Å²) in [7, 11) is 3.15. The largest absolute Gasteiger partial charge is 0.497 e. The minimum Gasteiger partial charge on any atom is -0.497 e. The number of rotatable bonds is 7. The maximum atomic E-state index is 12.7. The summed E-state index contributed by atoms with van der Waals surface area (Å²) >= 11 is 12.0. The highest BCUT2D eigenvalue weighted by molar-refractivity contribution is 6.36. The Hall–Kier alpha value is -3.07. The first-order valence-corrected chi connectivity index (χ1v) is 10.5. The molecule has 166 valence electrons. The third-order valence-electron chi connectivity index (χ3n) is 5.05. The second-order valence-electron chi connectivity index (χ2n) is 7.16. The smallest absolute Gasteiger partial charge is 0.251 e. The lowest BCUT2D eigenvalue weighted by Crippen LogP contribution is -2.24. The van der Waals surface area contributed by atoms with Crippen LogP contribution in [0.4, 0.5) is 11.5 Å². The van der Waals surface area contributed by atoms with Crippen LogP contribution in [0.25, 0.3) is 11.1 Å². The first-order valence-electron chi connectivity index (χ1n) is 9.71. The number of aromatic nitrogens is 2. The lowest BCUT2D eigenvalue weighted by atomic mass is 10.1. The minimum atomic E-state index is -0.814. The number of hydrogen-bond acceptors (Lipinski definition) is 5. The third-order valence-corrected chi connectivity index (χ3v) is 5.59. The summed E-state index contributed by atoms with van der Waals surface area (Å²) in [5.41, 5.74) is 2.60. The molecular weight excluding hydrogens is 455 g/mol. The quantitative estimate of drug-likeness (QED) is 0.524. The molecule has 0 saturated carbocycles.